The number of nitrogens with zero attached hydrogens (tertiary/aromatic N) is 1. The lowest BCUT2D eigenvalue weighted by atomic mass is 9.76. The Morgan fingerprint density at radius 3 is 2.04 bits per heavy atom. The van der Waals surface area contributed by atoms with Crippen LogP contribution >= 0.6 is 40.7 Å². The molecular formula is C17H27BrCl2N2O2. The van der Waals surface area contributed by atoms with E-state index < -0.39 is 0 Å². The Balaban J connectivity index is 0.00000144. The highest BCUT2D eigenvalue weighted by atomic mass is 79.9. The summed E-state index contributed by atoms with van der Waals surface area (Å²) in [6.45, 7) is 4.38. The molecule has 1 aliphatic carbocycles. The second-order valence-corrected chi connectivity index (χ2v) is 6.95. The molecule has 3 rings (SSSR count). The van der Waals surface area contributed by atoms with E-state index in [0.29, 0.717) is 6.04 Å². The van der Waals surface area contributed by atoms with E-state index in [2.05, 4.69) is 38.3 Å². The van der Waals surface area contributed by atoms with Crippen molar-refractivity contribution in [1.29, 1.82) is 0 Å². The Labute approximate surface area is 165 Å². The van der Waals surface area contributed by atoms with Crippen molar-refractivity contribution in [1.82, 2.24) is 10.2 Å². The zero-order valence-corrected chi connectivity index (χ0v) is 17.4. The van der Waals surface area contributed by atoms with Gasteiger partial charge in [-0.05, 0) is 52.4 Å². The zero-order chi connectivity index (χ0) is 15.5. The fourth-order valence-electron chi connectivity index (χ4n) is 3.56. The van der Waals surface area contributed by atoms with Crippen molar-refractivity contribution in [3.05, 3.63) is 22.2 Å². The van der Waals surface area contributed by atoms with Crippen molar-refractivity contribution >= 4 is 40.7 Å². The molecule has 0 unspecified atom stereocenters. The Kier molecular flexibility index (Phi) is 9.17. The summed E-state index contributed by atoms with van der Waals surface area (Å²) in [6.07, 6.45) is 4.02. The van der Waals surface area contributed by atoms with Gasteiger partial charge in [0.2, 0.25) is 0 Å². The fourth-order valence-corrected chi connectivity index (χ4v) is 4.11. The minimum absolute atomic E-state index is 0. The van der Waals surface area contributed by atoms with E-state index in [4.69, 9.17) is 9.47 Å². The highest BCUT2D eigenvalue weighted by Crippen LogP contribution is 2.45. The summed E-state index contributed by atoms with van der Waals surface area (Å²) in [5.41, 5.74) is 1.32. The van der Waals surface area contributed by atoms with Crippen LogP contribution in [0.3, 0.4) is 0 Å². The van der Waals surface area contributed by atoms with E-state index in [9.17, 15) is 0 Å². The summed E-state index contributed by atoms with van der Waals surface area (Å²) in [5.74, 6) is 2.47. The first kappa shape index (κ1) is 21.8. The smallest absolute Gasteiger partial charge is 0.137 e. The SMILES string of the molecule is COc1cc([C@H](C2CCC2)N2CCNCC2)cc(OC)c1Br.Cl.Cl. The van der Waals surface area contributed by atoms with Crippen molar-refractivity contribution in [3.8, 4) is 11.5 Å². The predicted octanol–water partition coefficient (Wildman–Crippen LogP) is 4.06. The second-order valence-electron chi connectivity index (χ2n) is 6.16. The van der Waals surface area contributed by atoms with Crippen molar-refractivity contribution in [2.24, 2.45) is 5.92 Å². The van der Waals surface area contributed by atoms with Crippen molar-refractivity contribution < 1.29 is 9.47 Å². The molecule has 2 fully saturated rings. The monoisotopic (exact) mass is 440 g/mol. The van der Waals surface area contributed by atoms with E-state index in [1.807, 2.05) is 0 Å². The fraction of sp³-hybridized carbons (Fsp3) is 0.647. The number of ether oxygens (including phenoxy) is 2. The largest absolute Gasteiger partial charge is 0.495 e. The van der Waals surface area contributed by atoms with Crippen LogP contribution in [0, 0.1) is 5.92 Å². The van der Waals surface area contributed by atoms with E-state index >= 15 is 0 Å². The summed E-state index contributed by atoms with van der Waals surface area (Å²) >= 11 is 3.58. The molecular weight excluding hydrogens is 415 g/mol. The Morgan fingerprint density at radius 1 is 1.08 bits per heavy atom. The van der Waals surface area contributed by atoms with E-state index in [0.717, 1.165) is 48.1 Å². The Morgan fingerprint density at radius 2 is 1.62 bits per heavy atom. The molecule has 1 aromatic rings. The quantitative estimate of drug-likeness (QED) is 0.746. The number of hydrogen-bond donors (Lipinski definition) is 1. The molecule has 1 aromatic carbocycles. The van der Waals surface area contributed by atoms with Crippen LogP contribution in [-0.4, -0.2) is 45.3 Å². The van der Waals surface area contributed by atoms with Gasteiger partial charge in [-0.2, -0.15) is 0 Å². The molecule has 1 atom stereocenters. The predicted molar refractivity (Wildman–Crippen MR) is 106 cm³/mol. The third kappa shape index (κ3) is 4.50. The van der Waals surface area contributed by atoms with E-state index in [1.165, 1.54) is 24.8 Å². The average molecular weight is 442 g/mol. The highest BCUT2D eigenvalue weighted by molar-refractivity contribution is 9.10. The summed E-state index contributed by atoms with van der Waals surface area (Å²) in [7, 11) is 3.43. The van der Waals surface area contributed by atoms with Crippen molar-refractivity contribution in [2.75, 3.05) is 40.4 Å². The molecule has 1 saturated heterocycles. The van der Waals surface area contributed by atoms with Crippen LogP contribution < -0.4 is 14.8 Å². The number of hydrogen-bond acceptors (Lipinski definition) is 4. The van der Waals surface area contributed by atoms with Crippen LogP contribution in [0.25, 0.3) is 0 Å². The Bertz CT molecular complexity index is 498. The van der Waals surface area contributed by atoms with Gasteiger partial charge in [-0.25, -0.2) is 0 Å². The van der Waals surface area contributed by atoms with Crippen LogP contribution in [0.5, 0.6) is 11.5 Å². The number of rotatable bonds is 5. The lowest BCUT2D eigenvalue weighted by Gasteiger charge is -2.43. The first-order chi connectivity index (χ1) is 10.7. The second kappa shape index (κ2) is 10.1. The summed E-state index contributed by atoms with van der Waals surface area (Å²) in [4.78, 5) is 2.63. The van der Waals surface area contributed by atoms with Crippen LogP contribution in [0.1, 0.15) is 30.9 Å². The number of nitrogens with one attached hydrogen (secondary N) is 1. The lowest BCUT2D eigenvalue weighted by molar-refractivity contribution is 0.0834. The number of methoxy groups -OCH3 is 2. The molecule has 1 N–H and O–H groups in total. The molecule has 1 heterocycles. The van der Waals surface area contributed by atoms with Crippen LogP contribution in [0.15, 0.2) is 16.6 Å². The van der Waals surface area contributed by atoms with Gasteiger partial charge in [0, 0.05) is 32.2 Å². The minimum atomic E-state index is 0. The molecule has 1 aliphatic heterocycles. The maximum atomic E-state index is 5.54. The first-order valence-corrected chi connectivity index (χ1v) is 8.90. The van der Waals surface area contributed by atoms with Gasteiger partial charge in [0.25, 0.3) is 0 Å². The maximum Gasteiger partial charge on any atom is 0.137 e. The highest BCUT2D eigenvalue weighted by Gasteiger charge is 2.34. The molecule has 7 heteroatoms. The molecule has 4 nitrogen and oxygen atoms in total. The van der Waals surface area contributed by atoms with Crippen LogP contribution in [0.4, 0.5) is 0 Å². The first-order valence-electron chi connectivity index (χ1n) is 8.10. The molecule has 0 radical (unpaired) electrons. The molecule has 2 aliphatic rings. The van der Waals surface area contributed by atoms with Gasteiger partial charge in [-0.15, -0.1) is 24.8 Å². The normalized spacial score (nSPS) is 19.5. The average Bonchev–Trinajstić information content (AvgIpc) is 2.52. The van der Waals surface area contributed by atoms with Gasteiger partial charge in [0.1, 0.15) is 16.0 Å². The van der Waals surface area contributed by atoms with E-state index in [1.54, 1.807) is 14.2 Å². The standard InChI is InChI=1S/C17H25BrN2O2.2ClH/c1-21-14-10-13(11-15(22-2)16(14)18)17(12-4-3-5-12)20-8-6-19-7-9-20;;/h10-12,17,19H,3-9H2,1-2H3;2*1H/t17-;;/m0../s1. The Hall–Kier alpha value is -0.200. The van der Waals surface area contributed by atoms with Gasteiger partial charge in [-0.1, -0.05) is 6.42 Å². The minimum Gasteiger partial charge on any atom is -0.495 e. The van der Waals surface area contributed by atoms with Crippen LogP contribution in [0.2, 0.25) is 0 Å². The lowest BCUT2D eigenvalue weighted by Crippen LogP contribution is -2.47. The molecule has 0 bridgehead atoms. The number of benzene rings is 1. The third-order valence-electron chi connectivity index (χ3n) is 4.95. The maximum absolute atomic E-state index is 5.54. The number of piperazine rings is 1. The van der Waals surface area contributed by atoms with Gasteiger partial charge >= 0.3 is 0 Å². The molecule has 138 valence electrons. The van der Waals surface area contributed by atoms with Gasteiger partial charge < -0.3 is 14.8 Å². The number of halogens is 3. The van der Waals surface area contributed by atoms with Crippen molar-refractivity contribution in [2.45, 2.75) is 25.3 Å². The van der Waals surface area contributed by atoms with Gasteiger partial charge in [0.15, 0.2) is 0 Å². The molecule has 0 aromatic heterocycles. The van der Waals surface area contributed by atoms with Gasteiger partial charge in [0.05, 0.1) is 14.2 Å². The van der Waals surface area contributed by atoms with Crippen molar-refractivity contribution in [3.63, 3.8) is 0 Å². The van der Waals surface area contributed by atoms with E-state index in [-0.39, 0.29) is 24.8 Å². The molecule has 24 heavy (non-hydrogen) atoms. The third-order valence-corrected chi connectivity index (χ3v) is 5.73. The zero-order valence-electron chi connectivity index (χ0n) is 14.2. The summed E-state index contributed by atoms with van der Waals surface area (Å²) in [5, 5.41) is 3.45. The van der Waals surface area contributed by atoms with Crippen LogP contribution in [-0.2, 0) is 0 Å². The van der Waals surface area contributed by atoms with Gasteiger partial charge in [-0.3, -0.25) is 4.90 Å². The molecule has 1 saturated carbocycles. The molecule has 0 amide bonds. The summed E-state index contributed by atoms with van der Waals surface area (Å²) in [6, 6.07) is 4.83. The molecule has 0 spiro atoms. The topological polar surface area (TPSA) is 33.7 Å². The summed E-state index contributed by atoms with van der Waals surface area (Å²) < 4.78 is 12.0.